The minimum Gasteiger partial charge on any atom is -0.480 e. The van der Waals surface area contributed by atoms with Crippen LogP contribution in [-0.2, 0) is 9.54 Å². The molecule has 0 fully saturated rings. The molecule has 0 saturated heterocycles. The summed E-state index contributed by atoms with van der Waals surface area (Å²) in [5.41, 5.74) is 13.0. The molecule has 1 atom stereocenters. The average molecular weight is 375 g/mol. The average Bonchev–Trinajstić information content (AvgIpc) is 2.97. The van der Waals surface area contributed by atoms with Crippen LogP contribution in [0.25, 0.3) is 11.1 Å². The highest BCUT2D eigenvalue weighted by atomic mass is 32.2. The Kier molecular flexibility index (Phi) is 4.54. The van der Waals surface area contributed by atoms with E-state index < -0.39 is 16.8 Å². The zero-order chi connectivity index (χ0) is 19.0. The van der Waals surface area contributed by atoms with Gasteiger partial charge < -0.3 is 10.8 Å². The molecule has 27 heavy (non-hydrogen) atoms. The van der Waals surface area contributed by atoms with Crippen LogP contribution in [0.15, 0.2) is 72.8 Å². The lowest BCUT2D eigenvalue weighted by Crippen LogP contribution is -2.35. The number of nitrogens with two attached hydrogens (primary N) is 1. The van der Waals surface area contributed by atoms with Crippen molar-refractivity contribution in [2.24, 2.45) is 5.73 Å². The molecule has 0 aliphatic heterocycles. The fourth-order valence-electron chi connectivity index (χ4n) is 3.90. The van der Waals surface area contributed by atoms with E-state index in [-0.39, 0.29) is 0 Å². The van der Waals surface area contributed by atoms with Gasteiger partial charge in [0.2, 0.25) is 0 Å². The van der Waals surface area contributed by atoms with Gasteiger partial charge in [0.05, 0.1) is 4.75 Å². The largest absolute Gasteiger partial charge is 0.480 e. The number of hydrogen-bond donors (Lipinski definition) is 2. The molecule has 0 saturated carbocycles. The molecule has 0 spiro atoms. The zero-order valence-electron chi connectivity index (χ0n) is 15.1. The van der Waals surface area contributed by atoms with E-state index in [1.807, 2.05) is 12.1 Å². The van der Waals surface area contributed by atoms with Crippen molar-refractivity contribution in [3.8, 4) is 11.1 Å². The number of aliphatic carboxylic acids is 1. The first-order chi connectivity index (χ1) is 13.0. The number of hydrogen-bond acceptors (Lipinski definition) is 3. The van der Waals surface area contributed by atoms with Crippen molar-refractivity contribution in [1.29, 1.82) is 0 Å². The van der Waals surface area contributed by atoms with Gasteiger partial charge in [-0.15, -0.1) is 11.8 Å². The third kappa shape index (κ3) is 2.85. The molecule has 0 bridgehead atoms. The number of carboxylic acid groups (broad SMARTS) is 1. The van der Waals surface area contributed by atoms with E-state index in [1.165, 1.54) is 27.8 Å². The van der Waals surface area contributed by atoms with Crippen LogP contribution in [0.2, 0.25) is 0 Å². The SMILES string of the molecule is Cc1cccc(C2(SC[C@H](N)C(=O)O)c3ccccc3-c3ccccc32)c1. The summed E-state index contributed by atoms with van der Waals surface area (Å²) >= 11 is 1.61. The van der Waals surface area contributed by atoms with E-state index in [4.69, 9.17) is 5.73 Å². The Morgan fingerprint density at radius 3 is 2.15 bits per heavy atom. The molecule has 3 nitrogen and oxygen atoms in total. The van der Waals surface area contributed by atoms with Gasteiger partial charge >= 0.3 is 5.97 Å². The predicted octanol–water partition coefficient (Wildman–Crippen LogP) is 4.41. The third-order valence-electron chi connectivity index (χ3n) is 5.12. The van der Waals surface area contributed by atoms with Gasteiger partial charge in [0.1, 0.15) is 6.04 Å². The maximum Gasteiger partial charge on any atom is 0.321 e. The molecular weight excluding hydrogens is 354 g/mol. The predicted molar refractivity (Wildman–Crippen MR) is 111 cm³/mol. The Labute approximate surface area is 163 Å². The van der Waals surface area contributed by atoms with Crippen LogP contribution in [-0.4, -0.2) is 22.9 Å². The summed E-state index contributed by atoms with van der Waals surface area (Å²) in [5, 5.41) is 9.31. The van der Waals surface area contributed by atoms with Gasteiger partial charge in [0, 0.05) is 5.75 Å². The van der Waals surface area contributed by atoms with Crippen LogP contribution in [0.1, 0.15) is 22.3 Å². The van der Waals surface area contributed by atoms with Crippen LogP contribution in [0, 0.1) is 6.92 Å². The van der Waals surface area contributed by atoms with E-state index in [1.54, 1.807) is 11.8 Å². The van der Waals surface area contributed by atoms with Crippen molar-refractivity contribution < 1.29 is 9.90 Å². The van der Waals surface area contributed by atoms with Crippen LogP contribution >= 0.6 is 11.8 Å². The first-order valence-corrected chi connectivity index (χ1v) is 9.91. The lowest BCUT2D eigenvalue weighted by atomic mass is 9.87. The van der Waals surface area contributed by atoms with Gasteiger partial charge in [-0.2, -0.15) is 0 Å². The third-order valence-corrected chi connectivity index (χ3v) is 6.76. The van der Waals surface area contributed by atoms with Crippen molar-refractivity contribution in [1.82, 2.24) is 0 Å². The standard InChI is InChI=1S/C23H21NO2S/c1-15-7-6-8-16(13-15)23(27-14-21(24)22(25)26)19-11-4-2-9-17(19)18-10-3-5-12-20(18)23/h2-13,21H,14,24H2,1H3,(H,25,26)/t21-/m0/s1. The van der Waals surface area contributed by atoms with Crippen LogP contribution in [0.3, 0.4) is 0 Å². The van der Waals surface area contributed by atoms with Crippen molar-refractivity contribution >= 4 is 17.7 Å². The quantitative estimate of drug-likeness (QED) is 0.693. The minimum absolute atomic E-state index is 0.325. The highest BCUT2D eigenvalue weighted by molar-refractivity contribution is 8.00. The molecule has 0 aromatic heterocycles. The summed E-state index contributed by atoms with van der Waals surface area (Å²) in [6.07, 6.45) is 0. The van der Waals surface area contributed by atoms with Crippen molar-refractivity contribution in [3.63, 3.8) is 0 Å². The lowest BCUT2D eigenvalue weighted by molar-refractivity contribution is -0.137. The molecule has 4 heteroatoms. The number of thioether (sulfide) groups is 1. The smallest absolute Gasteiger partial charge is 0.321 e. The van der Waals surface area contributed by atoms with E-state index in [0.717, 1.165) is 5.56 Å². The number of rotatable bonds is 5. The van der Waals surface area contributed by atoms with Gasteiger partial charge in [-0.1, -0.05) is 78.4 Å². The second-order valence-corrected chi connectivity index (χ2v) is 8.13. The Balaban J connectivity index is 1.97. The second-order valence-electron chi connectivity index (χ2n) is 6.90. The van der Waals surface area contributed by atoms with Gasteiger partial charge in [0.15, 0.2) is 0 Å². The molecule has 136 valence electrons. The van der Waals surface area contributed by atoms with Crippen LogP contribution in [0.5, 0.6) is 0 Å². The Morgan fingerprint density at radius 1 is 1.00 bits per heavy atom. The number of carboxylic acids is 1. The Bertz CT molecular complexity index is 969. The van der Waals surface area contributed by atoms with Gasteiger partial charge in [-0.25, -0.2) is 0 Å². The van der Waals surface area contributed by atoms with Crippen molar-refractivity contribution in [3.05, 3.63) is 95.1 Å². The second kappa shape index (κ2) is 6.87. The summed E-state index contributed by atoms with van der Waals surface area (Å²) in [7, 11) is 0. The fraction of sp³-hybridized carbons (Fsp3) is 0.174. The van der Waals surface area contributed by atoms with E-state index in [2.05, 4.69) is 67.6 Å². The number of aryl methyl sites for hydroxylation is 1. The van der Waals surface area contributed by atoms with Gasteiger partial charge in [-0.3, -0.25) is 4.79 Å². The molecule has 3 aromatic carbocycles. The molecule has 1 aliphatic carbocycles. The fourth-order valence-corrected chi connectivity index (χ4v) is 5.43. The van der Waals surface area contributed by atoms with Crippen molar-refractivity contribution in [2.45, 2.75) is 17.7 Å². The molecule has 4 rings (SSSR count). The summed E-state index contributed by atoms with van der Waals surface area (Å²) in [4.78, 5) is 11.4. The first kappa shape index (κ1) is 17.8. The van der Waals surface area contributed by atoms with Crippen molar-refractivity contribution in [2.75, 3.05) is 5.75 Å². The van der Waals surface area contributed by atoms with Crippen LogP contribution < -0.4 is 5.73 Å². The summed E-state index contributed by atoms with van der Waals surface area (Å²) < 4.78 is -0.466. The Hall–Kier alpha value is -2.56. The summed E-state index contributed by atoms with van der Waals surface area (Å²) in [6, 6.07) is 24.3. The number of benzene rings is 3. The minimum atomic E-state index is -0.971. The summed E-state index contributed by atoms with van der Waals surface area (Å²) in [5.74, 6) is -0.646. The number of carbonyl (C=O) groups is 1. The lowest BCUT2D eigenvalue weighted by Gasteiger charge is -2.33. The normalized spacial score (nSPS) is 15.0. The number of fused-ring (bicyclic) bond motifs is 3. The molecule has 0 unspecified atom stereocenters. The van der Waals surface area contributed by atoms with E-state index in [9.17, 15) is 9.90 Å². The molecule has 3 aromatic rings. The maximum absolute atomic E-state index is 11.4. The highest BCUT2D eigenvalue weighted by Gasteiger charge is 2.45. The molecule has 0 heterocycles. The molecular formula is C23H21NO2S. The topological polar surface area (TPSA) is 63.3 Å². The zero-order valence-corrected chi connectivity index (χ0v) is 15.9. The molecule has 1 aliphatic rings. The molecule has 0 amide bonds. The van der Waals surface area contributed by atoms with Gasteiger partial charge in [0.25, 0.3) is 0 Å². The summed E-state index contributed by atoms with van der Waals surface area (Å²) in [6.45, 7) is 2.08. The van der Waals surface area contributed by atoms with Gasteiger partial charge in [-0.05, 0) is 34.7 Å². The highest BCUT2D eigenvalue weighted by Crippen LogP contribution is 2.58. The first-order valence-electron chi connectivity index (χ1n) is 8.93. The monoisotopic (exact) mass is 375 g/mol. The van der Waals surface area contributed by atoms with Crippen LogP contribution in [0.4, 0.5) is 0 Å². The van der Waals surface area contributed by atoms with E-state index >= 15 is 0 Å². The maximum atomic E-state index is 11.4. The van der Waals surface area contributed by atoms with E-state index in [0.29, 0.717) is 5.75 Å². The Morgan fingerprint density at radius 2 is 1.59 bits per heavy atom. The molecule has 3 N–H and O–H groups in total. The molecule has 0 radical (unpaired) electrons.